The first-order valence-electron chi connectivity index (χ1n) is 5.79. The number of aliphatic hydroxyl groups excluding tert-OH is 1. The predicted molar refractivity (Wildman–Crippen MR) is 64.2 cm³/mol. The van der Waals surface area contributed by atoms with E-state index in [0.29, 0.717) is 5.92 Å². The van der Waals surface area contributed by atoms with Crippen molar-refractivity contribution in [3.05, 3.63) is 0 Å². The molecule has 0 amide bonds. The Morgan fingerprint density at radius 2 is 2.07 bits per heavy atom. The van der Waals surface area contributed by atoms with Crippen LogP contribution in [0.1, 0.15) is 19.8 Å². The first-order chi connectivity index (χ1) is 6.38. The number of rotatable bonds is 3. The van der Waals surface area contributed by atoms with E-state index in [-0.39, 0.29) is 6.10 Å². The summed E-state index contributed by atoms with van der Waals surface area (Å²) in [5.74, 6) is 0.514. The van der Waals surface area contributed by atoms with Gasteiger partial charge in [0.15, 0.2) is 0 Å². The van der Waals surface area contributed by atoms with E-state index in [4.69, 9.17) is 0 Å². The van der Waals surface area contributed by atoms with Crippen LogP contribution >= 0.6 is 0 Å². The molecule has 14 heavy (non-hydrogen) atoms. The summed E-state index contributed by atoms with van der Waals surface area (Å²) in [6.45, 7) is 11.5. The second kappa shape index (κ2) is 4.77. The lowest BCUT2D eigenvalue weighted by Crippen LogP contribution is -2.46. The van der Waals surface area contributed by atoms with E-state index in [1.54, 1.807) is 0 Å². The molecule has 2 atom stereocenters. The minimum atomic E-state index is -0.965. The summed E-state index contributed by atoms with van der Waals surface area (Å²) in [6.07, 6.45) is 3.63. The molecule has 2 nitrogen and oxygen atoms in total. The minimum absolute atomic E-state index is 0.126. The van der Waals surface area contributed by atoms with Gasteiger partial charge in [0.25, 0.3) is 0 Å². The second-order valence-electron chi connectivity index (χ2n) is 5.94. The maximum atomic E-state index is 9.58. The highest BCUT2D eigenvalue weighted by Gasteiger charge is 2.26. The fourth-order valence-electron chi connectivity index (χ4n) is 2.30. The summed E-state index contributed by atoms with van der Waals surface area (Å²) in [5.41, 5.74) is 0. The minimum Gasteiger partial charge on any atom is -0.393 e. The zero-order valence-corrected chi connectivity index (χ0v) is 11.1. The molecular weight excluding hydrogens is 190 g/mol. The van der Waals surface area contributed by atoms with E-state index in [1.165, 1.54) is 25.6 Å². The molecule has 1 rings (SSSR count). The van der Waals surface area contributed by atoms with E-state index in [0.717, 1.165) is 6.54 Å². The number of aliphatic hydroxyl groups is 1. The zero-order chi connectivity index (χ0) is 10.8. The summed E-state index contributed by atoms with van der Waals surface area (Å²) in [6, 6.07) is 0. The van der Waals surface area contributed by atoms with Crippen molar-refractivity contribution < 1.29 is 5.11 Å². The van der Waals surface area contributed by atoms with Crippen molar-refractivity contribution in [3.8, 4) is 0 Å². The van der Waals surface area contributed by atoms with Crippen molar-refractivity contribution in [2.45, 2.75) is 45.5 Å². The van der Waals surface area contributed by atoms with Gasteiger partial charge in [-0.2, -0.15) is 0 Å². The summed E-state index contributed by atoms with van der Waals surface area (Å²) in [7, 11) is -0.965. The fraction of sp³-hybridized carbons (Fsp3) is 1.00. The Morgan fingerprint density at radius 1 is 1.43 bits per heavy atom. The van der Waals surface area contributed by atoms with E-state index >= 15 is 0 Å². The van der Waals surface area contributed by atoms with Crippen molar-refractivity contribution in [2.75, 3.05) is 19.3 Å². The zero-order valence-electron chi connectivity index (χ0n) is 10.1. The molecule has 1 fully saturated rings. The maximum Gasteiger partial charge on any atom is 0.0599 e. The summed E-state index contributed by atoms with van der Waals surface area (Å²) in [4.78, 5) is 2.56. The van der Waals surface area contributed by atoms with Crippen molar-refractivity contribution in [1.82, 2.24) is 4.90 Å². The molecule has 1 N–H and O–H groups in total. The number of piperidine rings is 1. The third kappa shape index (κ3) is 4.11. The van der Waals surface area contributed by atoms with Crippen LogP contribution in [0.5, 0.6) is 0 Å². The van der Waals surface area contributed by atoms with Gasteiger partial charge in [0.05, 0.1) is 14.2 Å². The molecule has 0 radical (unpaired) electrons. The van der Waals surface area contributed by atoms with Crippen molar-refractivity contribution in [1.29, 1.82) is 0 Å². The smallest absolute Gasteiger partial charge is 0.0599 e. The van der Waals surface area contributed by atoms with Gasteiger partial charge in [0.2, 0.25) is 0 Å². The Kier molecular flexibility index (Phi) is 4.16. The molecule has 0 aromatic carbocycles. The van der Waals surface area contributed by atoms with Gasteiger partial charge in [-0.3, -0.25) is 0 Å². The summed E-state index contributed by atoms with van der Waals surface area (Å²) < 4.78 is 0. The topological polar surface area (TPSA) is 23.5 Å². The van der Waals surface area contributed by atoms with Crippen LogP contribution in [0.25, 0.3) is 0 Å². The largest absolute Gasteiger partial charge is 0.393 e. The van der Waals surface area contributed by atoms with Crippen LogP contribution < -0.4 is 0 Å². The third-order valence-electron chi connectivity index (χ3n) is 2.92. The highest BCUT2D eigenvalue weighted by molar-refractivity contribution is 6.76. The molecule has 0 aliphatic carbocycles. The quantitative estimate of drug-likeness (QED) is 0.728. The average molecular weight is 215 g/mol. The SMILES string of the molecule is CC(O)C1CCCN(C[Si](C)(C)C)C1. The van der Waals surface area contributed by atoms with Gasteiger partial charge in [-0.05, 0) is 38.4 Å². The molecule has 0 aromatic rings. The second-order valence-corrected chi connectivity index (χ2v) is 11.4. The van der Waals surface area contributed by atoms with Crippen LogP contribution in [0.15, 0.2) is 0 Å². The van der Waals surface area contributed by atoms with Gasteiger partial charge in [0, 0.05) is 6.54 Å². The van der Waals surface area contributed by atoms with Gasteiger partial charge in [-0.25, -0.2) is 0 Å². The maximum absolute atomic E-state index is 9.58. The van der Waals surface area contributed by atoms with Crippen LogP contribution in [0.4, 0.5) is 0 Å². The predicted octanol–water partition coefficient (Wildman–Crippen LogP) is 1.96. The molecule has 0 bridgehead atoms. The van der Waals surface area contributed by atoms with E-state index in [9.17, 15) is 5.11 Å². The molecule has 84 valence electrons. The molecule has 0 saturated carbocycles. The highest BCUT2D eigenvalue weighted by Crippen LogP contribution is 2.20. The molecular formula is C11H25NOSi. The van der Waals surface area contributed by atoms with Crippen LogP contribution in [0.3, 0.4) is 0 Å². The molecule has 0 aromatic heterocycles. The summed E-state index contributed by atoms with van der Waals surface area (Å²) in [5, 5.41) is 9.58. The van der Waals surface area contributed by atoms with Crippen LogP contribution in [-0.2, 0) is 0 Å². The third-order valence-corrected chi connectivity index (χ3v) is 4.32. The number of likely N-dealkylation sites (tertiary alicyclic amines) is 1. The molecule has 2 unspecified atom stereocenters. The number of nitrogens with zero attached hydrogens (tertiary/aromatic N) is 1. The Hall–Kier alpha value is 0.137. The molecule has 0 spiro atoms. The van der Waals surface area contributed by atoms with Gasteiger partial charge >= 0.3 is 0 Å². The standard InChI is InChI=1S/C11H25NOSi/c1-10(13)11-6-5-7-12(8-11)9-14(2,3)4/h10-11,13H,5-9H2,1-4H3. The van der Waals surface area contributed by atoms with Crippen LogP contribution in [-0.4, -0.2) is 43.4 Å². The highest BCUT2D eigenvalue weighted by atomic mass is 28.3. The summed E-state index contributed by atoms with van der Waals surface area (Å²) >= 11 is 0. The van der Waals surface area contributed by atoms with E-state index < -0.39 is 8.07 Å². The Morgan fingerprint density at radius 3 is 2.57 bits per heavy atom. The lowest BCUT2D eigenvalue weighted by Gasteiger charge is -2.37. The Balaban J connectivity index is 2.40. The first-order valence-corrected chi connectivity index (χ1v) is 9.49. The van der Waals surface area contributed by atoms with E-state index in [1.807, 2.05) is 6.92 Å². The molecule has 1 aliphatic rings. The molecule has 3 heteroatoms. The van der Waals surface area contributed by atoms with Gasteiger partial charge in [-0.1, -0.05) is 19.6 Å². The number of hydrogen-bond acceptors (Lipinski definition) is 2. The van der Waals surface area contributed by atoms with Crippen molar-refractivity contribution in [2.24, 2.45) is 5.92 Å². The Labute approximate surface area is 89.3 Å². The van der Waals surface area contributed by atoms with Gasteiger partial charge in [0.1, 0.15) is 0 Å². The molecule has 1 heterocycles. The number of hydrogen-bond donors (Lipinski definition) is 1. The van der Waals surface area contributed by atoms with Crippen molar-refractivity contribution >= 4 is 8.07 Å². The van der Waals surface area contributed by atoms with E-state index in [2.05, 4.69) is 24.5 Å². The normalized spacial score (nSPS) is 27.6. The first kappa shape index (κ1) is 12.2. The molecule has 1 saturated heterocycles. The molecule has 1 aliphatic heterocycles. The van der Waals surface area contributed by atoms with Gasteiger partial charge < -0.3 is 10.0 Å². The van der Waals surface area contributed by atoms with Crippen LogP contribution in [0, 0.1) is 5.92 Å². The fourth-order valence-corrected chi connectivity index (χ4v) is 3.93. The van der Waals surface area contributed by atoms with Gasteiger partial charge in [-0.15, -0.1) is 0 Å². The average Bonchev–Trinajstić information content (AvgIpc) is 2.01. The lowest BCUT2D eigenvalue weighted by molar-refractivity contribution is 0.0691. The van der Waals surface area contributed by atoms with Crippen LogP contribution in [0.2, 0.25) is 19.6 Å². The Bertz CT molecular complexity index is 177. The lowest BCUT2D eigenvalue weighted by atomic mass is 9.94. The van der Waals surface area contributed by atoms with Crippen molar-refractivity contribution in [3.63, 3.8) is 0 Å². The monoisotopic (exact) mass is 215 g/mol.